The number of hydrogen-bond acceptors (Lipinski definition) is 6. The van der Waals surface area contributed by atoms with Crippen molar-refractivity contribution in [3.8, 4) is 5.75 Å². The topological polar surface area (TPSA) is 128 Å². The first-order valence-corrected chi connectivity index (χ1v) is 8.10. The van der Waals surface area contributed by atoms with Gasteiger partial charge in [-0.3, -0.25) is 0 Å². The van der Waals surface area contributed by atoms with E-state index in [9.17, 15) is 18.3 Å². The average Bonchev–Trinajstić information content (AvgIpc) is 2.45. The molecule has 1 rings (SSSR count). The zero-order valence-electron chi connectivity index (χ0n) is 12.4. The Bertz CT molecular complexity index is 617. The van der Waals surface area contributed by atoms with E-state index in [1.54, 1.807) is 13.0 Å². The second-order valence-corrected chi connectivity index (χ2v) is 6.01. The summed E-state index contributed by atoms with van der Waals surface area (Å²) in [5.41, 5.74) is 0.570. The third-order valence-electron chi connectivity index (χ3n) is 2.83. The van der Waals surface area contributed by atoms with Gasteiger partial charge in [0.25, 0.3) is 0 Å². The van der Waals surface area contributed by atoms with Crippen LogP contribution in [0.15, 0.2) is 23.1 Å². The number of benzene rings is 1. The van der Waals surface area contributed by atoms with Crippen LogP contribution >= 0.6 is 0 Å². The van der Waals surface area contributed by atoms with Crippen LogP contribution in [0, 0.1) is 0 Å². The van der Waals surface area contributed by atoms with Crippen molar-refractivity contribution in [1.82, 2.24) is 5.32 Å². The molecular weight excluding hydrogens is 312 g/mol. The summed E-state index contributed by atoms with van der Waals surface area (Å²) in [4.78, 5) is 11.2. The van der Waals surface area contributed by atoms with E-state index >= 15 is 0 Å². The monoisotopic (exact) mass is 332 g/mol. The van der Waals surface area contributed by atoms with E-state index in [4.69, 9.17) is 14.6 Å². The highest BCUT2D eigenvalue weighted by molar-refractivity contribution is 7.89. The summed E-state index contributed by atoms with van der Waals surface area (Å²) in [5, 5.41) is 16.9. The number of alkyl carbamates (subject to hydrolysis) is 1. The first kappa shape index (κ1) is 18.2. The predicted molar refractivity (Wildman–Crippen MR) is 79.1 cm³/mol. The number of nitrogens with two attached hydrogens (primary N) is 1. The molecule has 1 atom stereocenters. The van der Waals surface area contributed by atoms with Gasteiger partial charge in [-0.25, -0.2) is 18.4 Å². The number of ether oxygens (including phenoxy) is 2. The van der Waals surface area contributed by atoms with Crippen molar-refractivity contribution in [3.63, 3.8) is 0 Å². The van der Waals surface area contributed by atoms with Gasteiger partial charge in [-0.1, -0.05) is 6.07 Å². The lowest BCUT2D eigenvalue weighted by molar-refractivity contribution is 0.140. The fraction of sp³-hybridized carbons (Fsp3) is 0.462. The van der Waals surface area contributed by atoms with Gasteiger partial charge in [-0.2, -0.15) is 0 Å². The number of methoxy groups -OCH3 is 1. The molecule has 0 aliphatic heterocycles. The van der Waals surface area contributed by atoms with Gasteiger partial charge in [0.2, 0.25) is 10.0 Å². The average molecular weight is 332 g/mol. The lowest BCUT2D eigenvalue weighted by atomic mass is 10.1. The molecule has 0 spiro atoms. The molecule has 0 aromatic heterocycles. The highest BCUT2D eigenvalue weighted by Gasteiger charge is 2.18. The van der Waals surface area contributed by atoms with Gasteiger partial charge in [-0.15, -0.1) is 0 Å². The van der Waals surface area contributed by atoms with Crippen LogP contribution in [0.4, 0.5) is 4.79 Å². The van der Waals surface area contributed by atoms with Crippen molar-refractivity contribution in [2.24, 2.45) is 5.14 Å². The van der Waals surface area contributed by atoms with E-state index in [0.717, 1.165) is 0 Å². The Morgan fingerprint density at radius 1 is 1.45 bits per heavy atom. The molecule has 0 aliphatic rings. The number of primary sulfonamides is 1. The van der Waals surface area contributed by atoms with Crippen LogP contribution in [-0.2, 0) is 21.2 Å². The molecule has 0 radical (unpaired) electrons. The molecule has 1 aromatic carbocycles. The van der Waals surface area contributed by atoms with E-state index in [-0.39, 0.29) is 30.3 Å². The quantitative estimate of drug-likeness (QED) is 0.644. The molecule has 4 N–H and O–H groups in total. The van der Waals surface area contributed by atoms with Gasteiger partial charge in [0.05, 0.1) is 26.4 Å². The first-order valence-electron chi connectivity index (χ1n) is 6.55. The van der Waals surface area contributed by atoms with E-state index in [1.807, 2.05) is 0 Å². The highest BCUT2D eigenvalue weighted by Crippen LogP contribution is 2.24. The number of carbonyl (C=O) groups excluding carboxylic acids is 1. The second kappa shape index (κ2) is 7.97. The molecule has 0 saturated carbocycles. The Kier molecular flexibility index (Phi) is 6.60. The number of aliphatic hydroxyl groups is 1. The summed E-state index contributed by atoms with van der Waals surface area (Å²) in [6, 6.07) is 3.83. The number of aliphatic hydroxyl groups excluding tert-OH is 1. The summed E-state index contributed by atoms with van der Waals surface area (Å²) in [6.07, 6.45) is -0.441. The van der Waals surface area contributed by atoms with Gasteiger partial charge < -0.3 is 19.9 Å². The molecule has 1 amide bonds. The fourth-order valence-corrected chi connectivity index (χ4v) is 2.60. The zero-order chi connectivity index (χ0) is 16.8. The maximum absolute atomic E-state index is 11.5. The number of sulfonamides is 1. The Hall–Kier alpha value is -1.84. The van der Waals surface area contributed by atoms with E-state index in [2.05, 4.69) is 5.32 Å². The van der Waals surface area contributed by atoms with Crippen LogP contribution in [0.1, 0.15) is 12.5 Å². The number of amides is 1. The van der Waals surface area contributed by atoms with E-state index in [0.29, 0.717) is 5.56 Å². The summed E-state index contributed by atoms with van der Waals surface area (Å²) in [7, 11) is -2.61. The molecule has 0 heterocycles. The SMILES string of the molecule is CCOC(=O)N[C@H](CO)Cc1ccc(OC)c(S(N)(=O)=O)c1. The number of nitrogens with one attached hydrogen (secondary N) is 1. The molecule has 0 saturated heterocycles. The third kappa shape index (κ3) is 5.17. The van der Waals surface area contributed by atoms with Gasteiger partial charge in [0.1, 0.15) is 10.6 Å². The minimum Gasteiger partial charge on any atom is -0.495 e. The van der Waals surface area contributed by atoms with Crippen molar-refractivity contribution in [3.05, 3.63) is 23.8 Å². The van der Waals surface area contributed by atoms with Crippen LogP contribution in [0.3, 0.4) is 0 Å². The minimum atomic E-state index is -3.94. The lowest BCUT2D eigenvalue weighted by Crippen LogP contribution is -2.39. The molecule has 9 heteroatoms. The molecule has 22 heavy (non-hydrogen) atoms. The summed E-state index contributed by atoms with van der Waals surface area (Å²) in [5.74, 6) is 0.130. The Morgan fingerprint density at radius 3 is 2.64 bits per heavy atom. The number of hydrogen-bond donors (Lipinski definition) is 3. The molecule has 124 valence electrons. The van der Waals surface area contributed by atoms with Crippen molar-refractivity contribution in [1.29, 1.82) is 0 Å². The van der Waals surface area contributed by atoms with Crippen LogP contribution in [0.2, 0.25) is 0 Å². The third-order valence-corrected chi connectivity index (χ3v) is 3.77. The summed E-state index contributed by atoms with van der Waals surface area (Å²) in [6.45, 7) is 1.55. The van der Waals surface area contributed by atoms with E-state index in [1.165, 1.54) is 19.2 Å². The fourth-order valence-electron chi connectivity index (χ4n) is 1.86. The molecule has 8 nitrogen and oxygen atoms in total. The van der Waals surface area contributed by atoms with Crippen molar-refractivity contribution in [2.45, 2.75) is 24.3 Å². The standard InChI is InChI=1S/C13H20N2O6S/c1-3-21-13(17)15-10(8-16)6-9-4-5-11(20-2)12(7-9)22(14,18)19/h4-5,7,10,16H,3,6,8H2,1-2H3,(H,15,17)(H2,14,18,19)/t10-/m0/s1. The van der Waals surface area contributed by atoms with Crippen molar-refractivity contribution in [2.75, 3.05) is 20.3 Å². The molecule has 0 fully saturated rings. The second-order valence-electron chi connectivity index (χ2n) is 4.48. The maximum atomic E-state index is 11.5. The van der Waals surface area contributed by atoms with Crippen LogP contribution in [-0.4, -0.2) is 46.0 Å². The number of rotatable bonds is 7. The van der Waals surface area contributed by atoms with Gasteiger partial charge in [-0.05, 0) is 31.0 Å². The Balaban J connectivity index is 2.95. The van der Waals surface area contributed by atoms with E-state index < -0.39 is 22.2 Å². The predicted octanol–water partition coefficient (Wildman–Crippen LogP) is -0.00790. The largest absolute Gasteiger partial charge is 0.495 e. The van der Waals surface area contributed by atoms with Crippen LogP contribution in [0.25, 0.3) is 0 Å². The first-order chi connectivity index (χ1) is 10.3. The van der Waals surface area contributed by atoms with Crippen LogP contribution < -0.4 is 15.2 Å². The smallest absolute Gasteiger partial charge is 0.407 e. The number of carbonyl (C=O) groups is 1. The van der Waals surface area contributed by atoms with Crippen molar-refractivity contribution < 1.29 is 27.8 Å². The molecule has 0 bridgehead atoms. The summed E-state index contributed by atoms with van der Waals surface area (Å²) >= 11 is 0. The molecular formula is C13H20N2O6S. The van der Waals surface area contributed by atoms with Gasteiger partial charge >= 0.3 is 6.09 Å². The summed E-state index contributed by atoms with van der Waals surface area (Å²) < 4.78 is 32.8. The maximum Gasteiger partial charge on any atom is 0.407 e. The zero-order valence-corrected chi connectivity index (χ0v) is 13.2. The minimum absolute atomic E-state index is 0.130. The van der Waals surface area contributed by atoms with Gasteiger partial charge in [0.15, 0.2) is 0 Å². The van der Waals surface area contributed by atoms with Crippen LogP contribution in [0.5, 0.6) is 5.75 Å². The Morgan fingerprint density at radius 2 is 2.14 bits per heavy atom. The molecule has 0 aliphatic carbocycles. The van der Waals surface area contributed by atoms with Crippen molar-refractivity contribution >= 4 is 16.1 Å². The molecule has 0 unspecified atom stereocenters. The Labute approximate surface area is 129 Å². The highest BCUT2D eigenvalue weighted by atomic mass is 32.2. The normalized spacial score (nSPS) is 12.5. The lowest BCUT2D eigenvalue weighted by Gasteiger charge is -2.17. The van der Waals surface area contributed by atoms with Gasteiger partial charge in [0, 0.05) is 0 Å². The molecule has 1 aromatic rings.